The van der Waals surface area contributed by atoms with E-state index in [1.807, 2.05) is 0 Å². The summed E-state index contributed by atoms with van der Waals surface area (Å²) in [5.41, 5.74) is 0.586. The number of nitrogens with one attached hydrogen (secondary N) is 1. The summed E-state index contributed by atoms with van der Waals surface area (Å²) in [5, 5.41) is 3.30. The number of hydrogen-bond donors (Lipinski definition) is 1. The van der Waals surface area contributed by atoms with E-state index in [2.05, 4.69) is 12.2 Å². The highest BCUT2D eigenvalue weighted by atomic mass is 35.5. The third-order valence-electron chi connectivity index (χ3n) is 3.18. The van der Waals surface area contributed by atoms with Crippen LogP contribution >= 0.6 is 11.6 Å². The topological polar surface area (TPSA) is 47.6 Å². The van der Waals surface area contributed by atoms with Crippen LogP contribution in [0.4, 0.5) is 5.69 Å². The normalized spacial score (nSPS) is 21.3. The van der Waals surface area contributed by atoms with Crippen LogP contribution in [0.15, 0.2) is 12.1 Å². The van der Waals surface area contributed by atoms with E-state index >= 15 is 0 Å². The lowest BCUT2D eigenvalue weighted by Gasteiger charge is -2.13. The first-order valence-electron chi connectivity index (χ1n) is 5.79. The first kappa shape index (κ1) is 13.0. The number of carbonyl (C=O) groups excluding carboxylic acids is 1. The average molecular weight is 270 g/mol. The molecule has 1 amide bonds. The van der Waals surface area contributed by atoms with Gasteiger partial charge in [-0.15, -0.1) is 0 Å². The van der Waals surface area contributed by atoms with E-state index in [1.165, 1.54) is 14.2 Å². The Balaban J connectivity index is 2.22. The predicted molar refractivity (Wildman–Crippen MR) is 70.5 cm³/mol. The van der Waals surface area contributed by atoms with E-state index < -0.39 is 0 Å². The molecule has 0 bridgehead atoms. The van der Waals surface area contributed by atoms with Crippen molar-refractivity contribution in [3.8, 4) is 11.5 Å². The van der Waals surface area contributed by atoms with Gasteiger partial charge in [-0.3, -0.25) is 4.79 Å². The Morgan fingerprint density at radius 1 is 1.33 bits per heavy atom. The van der Waals surface area contributed by atoms with Crippen LogP contribution in [0.5, 0.6) is 11.5 Å². The SMILES string of the molecule is COc1cc(NC(=O)[C@H]2C[C@H]2C)c(OC)cc1Cl. The van der Waals surface area contributed by atoms with E-state index in [9.17, 15) is 4.79 Å². The molecule has 1 N–H and O–H groups in total. The zero-order chi connectivity index (χ0) is 13.3. The van der Waals surface area contributed by atoms with Gasteiger partial charge in [-0.25, -0.2) is 0 Å². The number of rotatable bonds is 4. The zero-order valence-electron chi connectivity index (χ0n) is 10.6. The van der Waals surface area contributed by atoms with Gasteiger partial charge in [0.1, 0.15) is 11.5 Å². The fourth-order valence-corrected chi connectivity index (χ4v) is 2.10. The zero-order valence-corrected chi connectivity index (χ0v) is 11.4. The standard InChI is InChI=1S/C13H16ClNO3/c1-7-4-8(7)13(16)15-10-6-11(17-2)9(14)5-12(10)18-3/h5-8H,4H2,1-3H3,(H,15,16)/t7-,8+/m1/s1. The molecular formula is C13H16ClNO3. The molecule has 0 heterocycles. The minimum atomic E-state index is 0.0187. The monoisotopic (exact) mass is 269 g/mol. The van der Waals surface area contributed by atoms with Crippen LogP contribution in [0.2, 0.25) is 5.02 Å². The number of anilines is 1. The second-order valence-electron chi connectivity index (χ2n) is 4.50. The first-order chi connectivity index (χ1) is 8.56. The van der Waals surface area contributed by atoms with Crippen LogP contribution in [0.1, 0.15) is 13.3 Å². The molecule has 0 spiro atoms. The second kappa shape index (κ2) is 5.06. The van der Waals surface area contributed by atoms with Crippen LogP contribution in [-0.2, 0) is 4.79 Å². The van der Waals surface area contributed by atoms with E-state index in [1.54, 1.807) is 12.1 Å². The summed E-state index contributed by atoms with van der Waals surface area (Å²) in [5.74, 6) is 1.63. The number of carbonyl (C=O) groups is 1. The van der Waals surface area contributed by atoms with Gasteiger partial charge < -0.3 is 14.8 Å². The summed E-state index contributed by atoms with van der Waals surface area (Å²) < 4.78 is 10.3. The maximum Gasteiger partial charge on any atom is 0.227 e. The maximum absolute atomic E-state index is 11.9. The summed E-state index contributed by atoms with van der Waals surface area (Å²) in [6.07, 6.45) is 0.943. The van der Waals surface area contributed by atoms with Crippen LogP contribution in [-0.4, -0.2) is 20.1 Å². The largest absolute Gasteiger partial charge is 0.495 e. The van der Waals surface area contributed by atoms with Crippen molar-refractivity contribution in [1.82, 2.24) is 0 Å². The Hall–Kier alpha value is -1.42. The molecule has 0 aliphatic heterocycles. The third-order valence-corrected chi connectivity index (χ3v) is 3.47. The fourth-order valence-electron chi connectivity index (χ4n) is 1.87. The number of methoxy groups -OCH3 is 2. The smallest absolute Gasteiger partial charge is 0.227 e. The Bertz CT molecular complexity index is 476. The van der Waals surface area contributed by atoms with Gasteiger partial charge in [0.15, 0.2) is 0 Å². The van der Waals surface area contributed by atoms with Crippen molar-refractivity contribution in [3.05, 3.63) is 17.2 Å². The molecule has 1 aliphatic rings. The lowest BCUT2D eigenvalue weighted by atomic mass is 10.2. The van der Waals surface area contributed by atoms with Gasteiger partial charge in [-0.05, 0) is 12.3 Å². The second-order valence-corrected chi connectivity index (χ2v) is 4.90. The molecule has 18 heavy (non-hydrogen) atoms. The van der Waals surface area contributed by atoms with Crippen LogP contribution in [0.25, 0.3) is 0 Å². The van der Waals surface area contributed by atoms with Crippen molar-refractivity contribution in [2.45, 2.75) is 13.3 Å². The van der Waals surface area contributed by atoms with Gasteiger partial charge in [0.2, 0.25) is 5.91 Å². The highest BCUT2D eigenvalue weighted by Crippen LogP contribution is 2.40. The van der Waals surface area contributed by atoms with Crippen molar-refractivity contribution in [2.75, 3.05) is 19.5 Å². The van der Waals surface area contributed by atoms with Gasteiger partial charge >= 0.3 is 0 Å². The van der Waals surface area contributed by atoms with Crippen LogP contribution in [0, 0.1) is 11.8 Å². The molecule has 0 aromatic heterocycles. The summed E-state index contributed by atoms with van der Waals surface area (Å²) in [7, 11) is 3.07. The highest BCUT2D eigenvalue weighted by molar-refractivity contribution is 6.32. The van der Waals surface area contributed by atoms with Crippen molar-refractivity contribution >= 4 is 23.2 Å². The molecule has 1 saturated carbocycles. The van der Waals surface area contributed by atoms with E-state index in [-0.39, 0.29) is 11.8 Å². The number of amides is 1. The molecule has 5 heteroatoms. The third kappa shape index (κ3) is 2.53. The summed E-state index contributed by atoms with van der Waals surface area (Å²) in [6.45, 7) is 2.06. The molecule has 1 fully saturated rings. The first-order valence-corrected chi connectivity index (χ1v) is 6.17. The number of benzene rings is 1. The Labute approximate surface area is 111 Å². The molecule has 1 aromatic carbocycles. The molecule has 1 aliphatic carbocycles. The molecule has 1 aromatic rings. The number of halogens is 1. The molecular weight excluding hydrogens is 254 g/mol. The molecule has 2 rings (SSSR count). The quantitative estimate of drug-likeness (QED) is 0.914. The van der Waals surface area contributed by atoms with Gasteiger partial charge in [0.25, 0.3) is 0 Å². The van der Waals surface area contributed by atoms with Crippen molar-refractivity contribution in [2.24, 2.45) is 11.8 Å². The maximum atomic E-state index is 11.9. The molecule has 0 unspecified atom stereocenters. The van der Waals surface area contributed by atoms with Crippen molar-refractivity contribution < 1.29 is 14.3 Å². The Kier molecular flexibility index (Phi) is 3.66. The molecule has 0 radical (unpaired) electrons. The molecule has 2 atom stereocenters. The number of ether oxygens (including phenoxy) is 2. The highest BCUT2D eigenvalue weighted by Gasteiger charge is 2.39. The number of hydrogen-bond acceptors (Lipinski definition) is 3. The van der Waals surface area contributed by atoms with Gasteiger partial charge in [-0.2, -0.15) is 0 Å². The van der Waals surface area contributed by atoms with Crippen molar-refractivity contribution in [1.29, 1.82) is 0 Å². The van der Waals surface area contributed by atoms with E-state index in [0.29, 0.717) is 28.1 Å². The van der Waals surface area contributed by atoms with Gasteiger partial charge in [0, 0.05) is 18.1 Å². The fraction of sp³-hybridized carbons (Fsp3) is 0.462. The molecule has 0 saturated heterocycles. The Morgan fingerprint density at radius 2 is 1.94 bits per heavy atom. The van der Waals surface area contributed by atoms with Crippen LogP contribution < -0.4 is 14.8 Å². The average Bonchev–Trinajstić information content (AvgIpc) is 3.08. The minimum Gasteiger partial charge on any atom is -0.495 e. The van der Waals surface area contributed by atoms with Crippen molar-refractivity contribution in [3.63, 3.8) is 0 Å². The predicted octanol–water partition coefficient (Wildman–Crippen LogP) is 2.95. The molecule has 98 valence electrons. The van der Waals surface area contributed by atoms with Gasteiger partial charge in [-0.1, -0.05) is 18.5 Å². The van der Waals surface area contributed by atoms with E-state index in [4.69, 9.17) is 21.1 Å². The van der Waals surface area contributed by atoms with Crippen LogP contribution in [0.3, 0.4) is 0 Å². The summed E-state index contributed by atoms with van der Waals surface area (Å²) in [4.78, 5) is 11.9. The lowest BCUT2D eigenvalue weighted by molar-refractivity contribution is -0.117. The summed E-state index contributed by atoms with van der Waals surface area (Å²) >= 11 is 6.00. The molecule has 4 nitrogen and oxygen atoms in total. The summed E-state index contributed by atoms with van der Waals surface area (Å²) in [6, 6.07) is 3.30. The minimum absolute atomic E-state index is 0.0187. The van der Waals surface area contributed by atoms with E-state index in [0.717, 1.165) is 6.42 Å². The lowest BCUT2D eigenvalue weighted by Crippen LogP contribution is -2.15. The van der Waals surface area contributed by atoms with Gasteiger partial charge in [0.05, 0.1) is 24.9 Å². The Morgan fingerprint density at radius 3 is 2.44 bits per heavy atom.